The molecule has 0 saturated carbocycles. The molecule has 1 saturated heterocycles. The summed E-state index contributed by atoms with van der Waals surface area (Å²) in [5, 5.41) is 3.45. The number of hydrogen-bond donors (Lipinski definition) is 1. The summed E-state index contributed by atoms with van der Waals surface area (Å²) in [6.45, 7) is 2.98. The average Bonchev–Trinajstić information content (AvgIpc) is 2.28. The quantitative estimate of drug-likeness (QED) is 0.839. The molecule has 1 aliphatic heterocycles. The first kappa shape index (κ1) is 11.5. The third-order valence-corrected chi connectivity index (χ3v) is 3.07. The number of pyridine rings is 1. The number of piperidine rings is 1. The van der Waals surface area contributed by atoms with Crippen molar-refractivity contribution in [3.8, 4) is 0 Å². The van der Waals surface area contributed by atoms with Gasteiger partial charge in [-0.2, -0.15) is 0 Å². The number of halogens is 1. The zero-order valence-electron chi connectivity index (χ0n) is 9.62. The van der Waals surface area contributed by atoms with Crippen LogP contribution in [0.5, 0.6) is 0 Å². The first-order chi connectivity index (χ1) is 7.74. The molecule has 2 heterocycles. The van der Waals surface area contributed by atoms with Gasteiger partial charge in [-0.3, -0.25) is 4.98 Å². The lowest BCUT2D eigenvalue weighted by molar-refractivity contribution is 0.234. The second kappa shape index (κ2) is 5.37. The molecule has 1 N–H and O–H groups in total. The van der Waals surface area contributed by atoms with Crippen molar-refractivity contribution in [1.82, 2.24) is 15.2 Å². The third kappa shape index (κ3) is 3.25. The summed E-state index contributed by atoms with van der Waals surface area (Å²) < 4.78 is 12.9. The van der Waals surface area contributed by atoms with Gasteiger partial charge in [0.15, 0.2) is 0 Å². The molecule has 0 spiro atoms. The summed E-state index contributed by atoms with van der Waals surface area (Å²) >= 11 is 0. The number of nitrogens with one attached hydrogen (secondary N) is 1. The van der Waals surface area contributed by atoms with E-state index in [-0.39, 0.29) is 5.82 Å². The third-order valence-electron chi connectivity index (χ3n) is 3.07. The van der Waals surface area contributed by atoms with Crippen LogP contribution >= 0.6 is 0 Å². The normalized spacial score (nSPS) is 18.9. The van der Waals surface area contributed by atoms with Gasteiger partial charge in [0.1, 0.15) is 5.82 Å². The van der Waals surface area contributed by atoms with Crippen LogP contribution in [0.3, 0.4) is 0 Å². The average molecular weight is 223 g/mol. The summed E-state index contributed by atoms with van der Waals surface area (Å²) in [6.07, 6.45) is 5.28. The number of rotatable bonds is 3. The van der Waals surface area contributed by atoms with Crippen molar-refractivity contribution in [2.24, 2.45) is 0 Å². The Kier molecular flexibility index (Phi) is 3.85. The lowest BCUT2D eigenvalue weighted by Gasteiger charge is -2.29. The molecule has 0 aromatic carbocycles. The van der Waals surface area contributed by atoms with E-state index >= 15 is 0 Å². The fraction of sp³-hybridized carbons (Fsp3) is 0.583. The highest BCUT2D eigenvalue weighted by molar-refractivity contribution is 5.09. The zero-order chi connectivity index (χ0) is 11.4. The molecule has 4 heteroatoms. The lowest BCUT2D eigenvalue weighted by Crippen LogP contribution is -2.40. The van der Waals surface area contributed by atoms with Gasteiger partial charge in [0.2, 0.25) is 0 Å². The molecular formula is C12H18FN3. The Hall–Kier alpha value is -1.00. The summed E-state index contributed by atoms with van der Waals surface area (Å²) in [5.41, 5.74) is 0.916. The molecule has 88 valence electrons. The van der Waals surface area contributed by atoms with E-state index in [2.05, 4.69) is 22.2 Å². The van der Waals surface area contributed by atoms with E-state index in [1.807, 2.05) is 0 Å². The molecule has 0 radical (unpaired) electrons. The summed E-state index contributed by atoms with van der Waals surface area (Å²) in [4.78, 5) is 6.17. The first-order valence-corrected chi connectivity index (χ1v) is 5.75. The Bertz CT molecular complexity index is 335. The van der Waals surface area contributed by atoms with Gasteiger partial charge in [-0.25, -0.2) is 4.39 Å². The summed E-state index contributed by atoms with van der Waals surface area (Å²) in [5.74, 6) is -0.261. The topological polar surface area (TPSA) is 28.2 Å². The molecule has 1 fully saturated rings. The molecule has 1 aromatic heterocycles. The maximum atomic E-state index is 12.9. The number of likely N-dealkylation sites (tertiary alicyclic amines) is 1. The molecule has 0 bridgehead atoms. The van der Waals surface area contributed by atoms with Crippen LogP contribution in [-0.2, 0) is 6.54 Å². The summed E-state index contributed by atoms with van der Waals surface area (Å²) in [7, 11) is 2.15. The van der Waals surface area contributed by atoms with Crippen molar-refractivity contribution >= 4 is 0 Å². The van der Waals surface area contributed by atoms with Crippen molar-refractivity contribution < 1.29 is 4.39 Å². The molecule has 2 rings (SSSR count). The molecule has 1 aliphatic rings. The highest BCUT2D eigenvalue weighted by atomic mass is 19.1. The molecular weight excluding hydrogens is 205 g/mol. The molecule has 0 unspecified atom stereocenters. The van der Waals surface area contributed by atoms with E-state index in [9.17, 15) is 4.39 Å². The SMILES string of the molecule is CN1CCC(NCc2cncc(F)c2)CC1. The van der Waals surface area contributed by atoms with Gasteiger partial charge in [0, 0.05) is 18.8 Å². The van der Waals surface area contributed by atoms with Crippen LogP contribution in [-0.4, -0.2) is 36.1 Å². The smallest absolute Gasteiger partial charge is 0.141 e. The Morgan fingerprint density at radius 3 is 2.88 bits per heavy atom. The standard InChI is InChI=1S/C12H18FN3/c1-16-4-2-12(3-5-16)15-8-10-6-11(13)9-14-7-10/h6-7,9,12,15H,2-5,8H2,1H3. The fourth-order valence-electron chi connectivity index (χ4n) is 2.03. The van der Waals surface area contributed by atoms with Crippen molar-refractivity contribution in [3.63, 3.8) is 0 Å². The molecule has 16 heavy (non-hydrogen) atoms. The van der Waals surface area contributed by atoms with Gasteiger partial charge < -0.3 is 10.2 Å². The minimum absolute atomic E-state index is 0.261. The minimum atomic E-state index is -0.261. The maximum absolute atomic E-state index is 12.9. The second-order valence-electron chi connectivity index (χ2n) is 4.47. The van der Waals surface area contributed by atoms with Crippen molar-refractivity contribution in [1.29, 1.82) is 0 Å². The minimum Gasteiger partial charge on any atom is -0.310 e. The number of aromatic nitrogens is 1. The lowest BCUT2D eigenvalue weighted by atomic mass is 10.1. The Balaban J connectivity index is 1.79. The first-order valence-electron chi connectivity index (χ1n) is 5.75. The molecule has 0 amide bonds. The van der Waals surface area contributed by atoms with Gasteiger partial charge in [-0.1, -0.05) is 0 Å². The van der Waals surface area contributed by atoms with E-state index in [1.165, 1.54) is 25.1 Å². The van der Waals surface area contributed by atoms with E-state index in [4.69, 9.17) is 0 Å². The van der Waals surface area contributed by atoms with Crippen LogP contribution in [0.15, 0.2) is 18.5 Å². The van der Waals surface area contributed by atoms with Crippen LogP contribution in [0.25, 0.3) is 0 Å². The number of hydrogen-bond acceptors (Lipinski definition) is 3. The monoisotopic (exact) mass is 223 g/mol. The predicted molar refractivity (Wildman–Crippen MR) is 61.6 cm³/mol. The van der Waals surface area contributed by atoms with E-state index in [0.717, 1.165) is 18.7 Å². The van der Waals surface area contributed by atoms with Crippen LogP contribution in [0.2, 0.25) is 0 Å². The number of nitrogens with zero attached hydrogens (tertiary/aromatic N) is 2. The maximum Gasteiger partial charge on any atom is 0.141 e. The van der Waals surface area contributed by atoms with Crippen LogP contribution in [0.1, 0.15) is 18.4 Å². The predicted octanol–water partition coefficient (Wildman–Crippen LogP) is 1.40. The van der Waals surface area contributed by atoms with Crippen molar-refractivity contribution in [3.05, 3.63) is 29.8 Å². The Morgan fingerprint density at radius 2 is 2.19 bits per heavy atom. The fourth-order valence-corrected chi connectivity index (χ4v) is 2.03. The highest BCUT2D eigenvalue weighted by Gasteiger charge is 2.15. The molecule has 3 nitrogen and oxygen atoms in total. The van der Waals surface area contributed by atoms with Gasteiger partial charge in [-0.15, -0.1) is 0 Å². The molecule has 1 aromatic rings. The van der Waals surface area contributed by atoms with E-state index in [1.54, 1.807) is 6.20 Å². The highest BCUT2D eigenvalue weighted by Crippen LogP contribution is 2.09. The van der Waals surface area contributed by atoms with Crippen LogP contribution < -0.4 is 5.32 Å². The van der Waals surface area contributed by atoms with Gasteiger partial charge in [0.05, 0.1) is 6.20 Å². The van der Waals surface area contributed by atoms with Gasteiger partial charge >= 0.3 is 0 Å². The summed E-state index contributed by atoms with van der Waals surface area (Å²) in [6, 6.07) is 2.09. The molecule has 0 atom stereocenters. The van der Waals surface area contributed by atoms with Gasteiger partial charge in [-0.05, 0) is 44.6 Å². The van der Waals surface area contributed by atoms with Crippen molar-refractivity contribution in [2.75, 3.05) is 20.1 Å². The Labute approximate surface area is 95.7 Å². The largest absolute Gasteiger partial charge is 0.310 e. The van der Waals surface area contributed by atoms with Crippen LogP contribution in [0, 0.1) is 5.82 Å². The van der Waals surface area contributed by atoms with Crippen LogP contribution in [0.4, 0.5) is 4.39 Å². The zero-order valence-corrected chi connectivity index (χ0v) is 9.62. The second-order valence-corrected chi connectivity index (χ2v) is 4.47. The van der Waals surface area contributed by atoms with E-state index < -0.39 is 0 Å². The Morgan fingerprint density at radius 1 is 1.44 bits per heavy atom. The molecule has 0 aliphatic carbocycles. The van der Waals surface area contributed by atoms with Crippen molar-refractivity contribution in [2.45, 2.75) is 25.4 Å². The van der Waals surface area contributed by atoms with Gasteiger partial charge in [0.25, 0.3) is 0 Å². The van der Waals surface area contributed by atoms with E-state index in [0.29, 0.717) is 12.6 Å².